The van der Waals surface area contributed by atoms with Crippen LogP contribution in [0.15, 0.2) is 40.8 Å². The maximum Gasteiger partial charge on any atom is 0.342 e. The third-order valence-corrected chi connectivity index (χ3v) is 3.69. The van der Waals surface area contributed by atoms with Crippen LogP contribution in [0, 0.1) is 17.0 Å². The van der Waals surface area contributed by atoms with Gasteiger partial charge in [0.25, 0.3) is 11.6 Å². The van der Waals surface area contributed by atoms with Gasteiger partial charge in [-0.3, -0.25) is 10.1 Å². The molecule has 0 aliphatic rings. The van der Waals surface area contributed by atoms with Crippen LogP contribution in [-0.4, -0.2) is 31.3 Å². The Kier molecular flexibility index (Phi) is 4.71. The van der Waals surface area contributed by atoms with Crippen molar-refractivity contribution in [1.29, 1.82) is 0 Å². The highest BCUT2D eigenvalue weighted by atomic mass is 16.6. The number of benzene rings is 2. The fraction of sp³-hybridized carbons (Fsp3) is 0.118. The van der Waals surface area contributed by atoms with E-state index in [-0.39, 0.29) is 29.6 Å². The van der Waals surface area contributed by atoms with Crippen LogP contribution < -0.4 is 0 Å². The van der Waals surface area contributed by atoms with Gasteiger partial charge in [0.15, 0.2) is 18.1 Å². The Bertz CT molecular complexity index is 1010. The van der Waals surface area contributed by atoms with E-state index in [1.165, 1.54) is 36.4 Å². The van der Waals surface area contributed by atoms with Crippen molar-refractivity contribution in [2.24, 2.45) is 0 Å². The number of nitro groups is 1. The molecular formula is C17H13N3O7. The lowest BCUT2D eigenvalue weighted by atomic mass is 10.1. The molecular weight excluding hydrogens is 358 g/mol. The van der Waals surface area contributed by atoms with E-state index in [4.69, 9.17) is 9.15 Å². The lowest BCUT2D eigenvalue weighted by Gasteiger charge is -2.07. The minimum atomic E-state index is -0.877. The van der Waals surface area contributed by atoms with Gasteiger partial charge in [-0.25, -0.2) is 4.79 Å². The number of esters is 1. The Morgan fingerprint density at radius 3 is 2.52 bits per heavy atom. The predicted octanol–water partition coefficient (Wildman–Crippen LogP) is 2.72. The first-order valence-corrected chi connectivity index (χ1v) is 7.62. The Morgan fingerprint density at radius 1 is 1.15 bits per heavy atom. The summed E-state index contributed by atoms with van der Waals surface area (Å²) in [5.41, 5.74) is 0.599. The monoisotopic (exact) mass is 371 g/mol. The van der Waals surface area contributed by atoms with Gasteiger partial charge < -0.3 is 19.4 Å². The first-order chi connectivity index (χ1) is 12.9. The number of phenolic OH excluding ortho intramolecular Hbond substituents is 2. The number of nitro benzene ring substituents is 1. The van der Waals surface area contributed by atoms with E-state index in [9.17, 15) is 25.1 Å². The van der Waals surface area contributed by atoms with E-state index in [1.54, 1.807) is 6.92 Å². The number of carbonyl (C=O) groups excluding carboxylic acids is 1. The quantitative estimate of drug-likeness (QED) is 0.299. The van der Waals surface area contributed by atoms with Crippen LogP contribution in [0.4, 0.5) is 5.69 Å². The average molecular weight is 371 g/mol. The van der Waals surface area contributed by atoms with E-state index >= 15 is 0 Å². The minimum Gasteiger partial charge on any atom is -0.504 e. The van der Waals surface area contributed by atoms with Crippen molar-refractivity contribution in [3.63, 3.8) is 0 Å². The first kappa shape index (κ1) is 17.9. The maximum atomic E-state index is 12.0. The minimum absolute atomic E-state index is 0.00692. The van der Waals surface area contributed by atoms with Gasteiger partial charge in [0.1, 0.15) is 5.56 Å². The van der Waals surface area contributed by atoms with Crippen LogP contribution in [0.2, 0.25) is 0 Å². The standard InChI is InChI=1S/C17H13N3O7/c1-9-2-7-12(15(22)14(9)21)17(23)26-8-13-18-19-16(27-13)10-3-5-11(6-4-10)20(24)25/h2-7,21-22H,8H2,1H3. The predicted molar refractivity (Wildman–Crippen MR) is 90.0 cm³/mol. The van der Waals surface area contributed by atoms with Gasteiger partial charge in [0.2, 0.25) is 5.89 Å². The lowest BCUT2D eigenvalue weighted by molar-refractivity contribution is -0.384. The summed E-state index contributed by atoms with van der Waals surface area (Å²) in [4.78, 5) is 22.2. The number of nitrogens with zero attached hydrogens (tertiary/aromatic N) is 3. The number of aromatic hydroxyl groups is 2. The third-order valence-electron chi connectivity index (χ3n) is 3.69. The summed E-state index contributed by atoms with van der Waals surface area (Å²) >= 11 is 0. The summed E-state index contributed by atoms with van der Waals surface area (Å²) in [5, 5.41) is 37.6. The summed E-state index contributed by atoms with van der Waals surface area (Å²) in [7, 11) is 0. The van der Waals surface area contributed by atoms with E-state index < -0.39 is 22.4 Å². The molecule has 0 aliphatic carbocycles. The molecule has 0 fully saturated rings. The summed E-state index contributed by atoms with van der Waals surface area (Å²) in [6.07, 6.45) is 0. The highest BCUT2D eigenvalue weighted by Crippen LogP contribution is 2.32. The Hall–Kier alpha value is -3.95. The fourth-order valence-electron chi connectivity index (χ4n) is 2.20. The zero-order chi connectivity index (χ0) is 19.6. The van der Waals surface area contributed by atoms with Gasteiger partial charge in [-0.15, -0.1) is 10.2 Å². The fourth-order valence-corrected chi connectivity index (χ4v) is 2.20. The molecule has 27 heavy (non-hydrogen) atoms. The van der Waals surface area contributed by atoms with Crippen molar-refractivity contribution in [2.75, 3.05) is 0 Å². The summed E-state index contributed by atoms with van der Waals surface area (Å²) in [6.45, 7) is 1.22. The molecule has 0 aliphatic heterocycles. The van der Waals surface area contributed by atoms with Gasteiger partial charge in [0.05, 0.1) is 4.92 Å². The number of ether oxygens (including phenoxy) is 1. The molecule has 0 spiro atoms. The molecule has 3 rings (SSSR count). The normalized spacial score (nSPS) is 10.6. The van der Waals surface area contributed by atoms with Crippen molar-refractivity contribution in [3.05, 3.63) is 63.5 Å². The number of non-ortho nitro benzene ring substituents is 1. The van der Waals surface area contributed by atoms with Gasteiger partial charge in [-0.05, 0) is 30.7 Å². The van der Waals surface area contributed by atoms with Crippen molar-refractivity contribution in [2.45, 2.75) is 13.5 Å². The second-order valence-corrected chi connectivity index (χ2v) is 5.51. The summed E-state index contributed by atoms with van der Waals surface area (Å²) in [5.74, 6) is -1.75. The van der Waals surface area contributed by atoms with Crippen molar-refractivity contribution in [1.82, 2.24) is 10.2 Å². The zero-order valence-electron chi connectivity index (χ0n) is 13.9. The second-order valence-electron chi connectivity index (χ2n) is 5.51. The molecule has 0 unspecified atom stereocenters. The third kappa shape index (κ3) is 3.68. The largest absolute Gasteiger partial charge is 0.504 e. The molecule has 0 atom stereocenters. The number of carbonyl (C=O) groups is 1. The topological polar surface area (TPSA) is 149 Å². The van der Waals surface area contributed by atoms with E-state index in [2.05, 4.69) is 10.2 Å². The zero-order valence-corrected chi connectivity index (χ0v) is 13.9. The van der Waals surface area contributed by atoms with Gasteiger partial charge in [-0.1, -0.05) is 6.07 Å². The highest BCUT2D eigenvalue weighted by Gasteiger charge is 2.19. The average Bonchev–Trinajstić information content (AvgIpc) is 3.13. The number of hydrogen-bond donors (Lipinski definition) is 2. The van der Waals surface area contributed by atoms with Crippen molar-refractivity contribution >= 4 is 11.7 Å². The number of phenols is 2. The first-order valence-electron chi connectivity index (χ1n) is 7.62. The van der Waals surface area contributed by atoms with Crippen LogP contribution >= 0.6 is 0 Å². The van der Waals surface area contributed by atoms with Gasteiger partial charge in [0, 0.05) is 17.7 Å². The maximum absolute atomic E-state index is 12.0. The van der Waals surface area contributed by atoms with E-state index in [0.29, 0.717) is 11.1 Å². The molecule has 2 N–H and O–H groups in total. The molecule has 2 aromatic carbocycles. The Balaban J connectivity index is 1.68. The molecule has 0 saturated carbocycles. The molecule has 138 valence electrons. The number of aromatic nitrogens is 2. The highest BCUT2D eigenvalue weighted by molar-refractivity contribution is 5.93. The molecule has 10 heteroatoms. The molecule has 1 heterocycles. The molecule has 10 nitrogen and oxygen atoms in total. The second kappa shape index (κ2) is 7.12. The van der Waals surface area contributed by atoms with Crippen LogP contribution in [0.25, 0.3) is 11.5 Å². The summed E-state index contributed by atoms with van der Waals surface area (Å²) < 4.78 is 10.3. The number of aryl methyl sites for hydroxylation is 1. The smallest absolute Gasteiger partial charge is 0.342 e. The Labute approximate surface area is 151 Å². The van der Waals surface area contributed by atoms with Crippen molar-refractivity contribution < 1.29 is 29.1 Å². The van der Waals surface area contributed by atoms with Gasteiger partial charge in [-0.2, -0.15) is 0 Å². The lowest BCUT2D eigenvalue weighted by Crippen LogP contribution is -2.06. The molecule has 0 radical (unpaired) electrons. The number of rotatable bonds is 5. The van der Waals surface area contributed by atoms with Crippen LogP contribution in [0.5, 0.6) is 11.5 Å². The molecule has 3 aromatic rings. The van der Waals surface area contributed by atoms with Crippen LogP contribution in [-0.2, 0) is 11.3 Å². The van der Waals surface area contributed by atoms with Crippen molar-refractivity contribution in [3.8, 4) is 23.0 Å². The summed E-state index contributed by atoms with van der Waals surface area (Å²) in [6, 6.07) is 8.29. The SMILES string of the molecule is Cc1ccc(C(=O)OCc2nnc(-c3ccc([N+](=O)[O-])cc3)o2)c(O)c1O. The number of hydrogen-bond acceptors (Lipinski definition) is 9. The molecule has 0 bridgehead atoms. The molecule has 1 aromatic heterocycles. The van der Waals surface area contributed by atoms with E-state index in [1.807, 2.05) is 0 Å². The van der Waals surface area contributed by atoms with Crippen LogP contribution in [0.3, 0.4) is 0 Å². The van der Waals surface area contributed by atoms with Crippen LogP contribution in [0.1, 0.15) is 21.8 Å². The van der Waals surface area contributed by atoms with Gasteiger partial charge >= 0.3 is 5.97 Å². The molecule has 0 saturated heterocycles. The van der Waals surface area contributed by atoms with E-state index in [0.717, 1.165) is 0 Å². The Morgan fingerprint density at radius 2 is 1.85 bits per heavy atom. The molecule has 0 amide bonds.